The van der Waals surface area contributed by atoms with Gasteiger partial charge in [-0.1, -0.05) is 18.7 Å². The highest BCUT2D eigenvalue weighted by Gasteiger charge is 2.32. The van der Waals surface area contributed by atoms with Gasteiger partial charge in [-0.05, 0) is 17.7 Å². The number of halogens is 3. The van der Waals surface area contributed by atoms with E-state index in [0.29, 0.717) is 5.69 Å². The van der Waals surface area contributed by atoms with Crippen LogP contribution in [0.5, 0.6) is 0 Å². The van der Waals surface area contributed by atoms with Crippen LogP contribution in [0.2, 0.25) is 0 Å². The Kier molecular flexibility index (Phi) is 2.32. The van der Waals surface area contributed by atoms with Crippen molar-refractivity contribution in [1.29, 1.82) is 0 Å². The van der Waals surface area contributed by atoms with Gasteiger partial charge in [0.05, 0.1) is 5.57 Å². The Balaban J connectivity index is 2.97. The van der Waals surface area contributed by atoms with Crippen LogP contribution in [0.4, 0.5) is 18.9 Å². The first-order valence-electron chi connectivity index (χ1n) is 3.53. The summed E-state index contributed by atoms with van der Waals surface area (Å²) < 4.78 is 36.3. The summed E-state index contributed by atoms with van der Waals surface area (Å²) in [7, 11) is 0. The molecule has 0 fully saturated rings. The van der Waals surface area contributed by atoms with Gasteiger partial charge >= 0.3 is 6.18 Å². The first-order chi connectivity index (χ1) is 5.91. The second kappa shape index (κ2) is 3.12. The molecule has 0 aliphatic heterocycles. The first kappa shape index (κ1) is 9.64. The highest BCUT2D eigenvalue weighted by molar-refractivity contribution is 5.68. The molecule has 0 heterocycles. The largest absolute Gasteiger partial charge is 0.416 e. The SMILES string of the molecule is C=C(c1ccc(N)cc1)C(F)(F)F. The molecule has 0 saturated heterocycles. The molecule has 0 bridgehead atoms. The molecule has 4 heteroatoms. The van der Waals surface area contributed by atoms with Crippen molar-refractivity contribution in [1.82, 2.24) is 0 Å². The zero-order chi connectivity index (χ0) is 10.1. The van der Waals surface area contributed by atoms with Gasteiger partial charge in [-0.15, -0.1) is 0 Å². The quantitative estimate of drug-likeness (QED) is 0.672. The Morgan fingerprint density at radius 3 is 2.00 bits per heavy atom. The van der Waals surface area contributed by atoms with Crippen LogP contribution in [0.25, 0.3) is 5.57 Å². The topological polar surface area (TPSA) is 26.0 Å². The maximum atomic E-state index is 12.1. The van der Waals surface area contributed by atoms with E-state index < -0.39 is 11.7 Å². The van der Waals surface area contributed by atoms with Crippen molar-refractivity contribution in [3.8, 4) is 0 Å². The number of benzene rings is 1. The normalized spacial score (nSPS) is 11.3. The monoisotopic (exact) mass is 187 g/mol. The van der Waals surface area contributed by atoms with E-state index in [-0.39, 0.29) is 5.56 Å². The van der Waals surface area contributed by atoms with Gasteiger partial charge in [-0.2, -0.15) is 13.2 Å². The number of allylic oxidation sites excluding steroid dienone is 1. The maximum absolute atomic E-state index is 12.1. The lowest BCUT2D eigenvalue weighted by Crippen LogP contribution is -2.09. The fourth-order valence-electron chi connectivity index (χ4n) is 0.848. The van der Waals surface area contributed by atoms with E-state index in [1.807, 2.05) is 0 Å². The summed E-state index contributed by atoms with van der Waals surface area (Å²) in [6.45, 7) is 2.96. The summed E-state index contributed by atoms with van der Waals surface area (Å²) in [5, 5.41) is 0. The molecule has 70 valence electrons. The number of rotatable bonds is 1. The van der Waals surface area contributed by atoms with Crippen molar-refractivity contribution in [3.05, 3.63) is 36.4 Å². The fraction of sp³-hybridized carbons (Fsp3) is 0.111. The lowest BCUT2D eigenvalue weighted by atomic mass is 10.1. The molecule has 0 amide bonds. The van der Waals surface area contributed by atoms with Gasteiger partial charge in [0.15, 0.2) is 0 Å². The predicted octanol–water partition coefficient (Wildman–Crippen LogP) is 2.84. The average molecular weight is 187 g/mol. The van der Waals surface area contributed by atoms with E-state index in [9.17, 15) is 13.2 Å². The summed E-state index contributed by atoms with van der Waals surface area (Å²) in [5.41, 5.74) is 4.94. The minimum Gasteiger partial charge on any atom is -0.399 e. The molecular formula is C9H8F3N. The van der Waals surface area contributed by atoms with E-state index in [2.05, 4.69) is 6.58 Å². The predicted molar refractivity (Wildman–Crippen MR) is 45.9 cm³/mol. The minimum atomic E-state index is -4.38. The van der Waals surface area contributed by atoms with Crippen LogP contribution in [-0.2, 0) is 0 Å². The standard InChI is InChI=1S/C9H8F3N/c1-6(9(10,11)12)7-2-4-8(13)5-3-7/h2-5H,1,13H2. The third kappa shape index (κ3) is 2.24. The van der Waals surface area contributed by atoms with Gasteiger partial charge in [0.1, 0.15) is 0 Å². The van der Waals surface area contributed by atoms with Crippen LogP contribution in [-0.4, -0.2) is 6.18 Å². The van der Waals surface area contributed by atoms with Crippen LogP contribution in [0, 0.1) is 0 Å². The van der Waals surface area contributed by atoms with E-state index in [0.717, 1.165) is 0 Å². The third-order valence-corrected chi connectivity index (χ3v) is 1.60. The van der Waals surface area contributed by atoms with Crippen molar-refractivity contribution in [2.24, 2.45) is 0 Å². The Bertz CT molecular complexity index is 311. The average Bonchev–Trinajstić information content (AvgIpc) is 2.03. The van der Waals surface area contributed by atoms with Crippen LogP contribution in [0.1, 0.15) is 5.56 Å². The molecule has 0 unspecified atom stereocenters. The summed E-state index contributed by atoms with van der Waals surface area (Å²) in [6.07, 6.45) is -4.38. The fourth-order valence-corrected chi connectivity index (χ4v) is 0.848. The molecule has 13 heavy (non-hydrogen) atoms. The molecule has 1 rings (SSSR count). The zero-order valence-electron chi connectivity index (χ0n) is 6.73. The summed E-state index contributed by atoms with van der Waals surface area (Å²) in [5.74, 6) is 0. The highest BCUT2D eigenvalue weighted by Crippen LogP contribution is 2.32. The maximum Gasteiger partial charge on any atom is 0.416 e. The van der Waals surface area contributed by atoms with Crippen molar-refractivity contribution in [2.75, 3.05) is 5.73 Å². The highest BCUT2D eigenvalue weighted by atomic mass is 19.4. The number of anilines is 1. The smallest absolute Gasteiger partial charge is 0.399 e. The van der Waals surface area contributed by atoms with E-state index in [1.165, 1.54) is 24.3 Å². The van der Waals surface area contributed by atoms with Crippen molar-refractivity contribution in [2.45, 2.75) is 6.18 Å². The van der Waals surface area contributed by atoms with Gasteiger partial charge in [0.25, 0.3) is 0 Å². The Morgan fingerprint density at radius 1 is 1.15 bits per heavy atom. The Labute approximate surface area is 73.7 Å². The molecule has 0 atom stereocenters. The van der Waals surface area contributed by atoms with Crippen LogP contribution in [0.3, 0.4) is 0 Å². The van der Waals surface area contributed by atoms with E-state index in [1.54, 1.807) is 0 Å². The van der Waals surface area contributed by atoms with Gasteiger partial charge in [-0.25, -0.2) is 0 Å². The molecule has 0 saturated carbocycles. The third-order valence-electron chi connectivity index (χ3n) is 1.60. The lowest BCUT2D eigenvalue weighted by Gasteiger charge is -2.09. The second-order valence-electron chi connectivity index (χ2n) is 2.60. The number of hydrogen-bond acceptors (Lipinski definition) is 1. The van der Waals surface area contributed by atoms with E-state index >= 15 is 0 Å². The zero-order valence-corrected chi connectivity index (χ0v) is 6.73. The summed E-state index contributed by atoms with van der Waals surface area (Å²) >= 11 is 0. The van der Waals surface area contributed by atoms with Crippen LogP contribution >= 0.6 is 0 Å². The van der Waals surface area contributed by atoms with Crippen molar-refractivity contribution in [3.63, 3.8) is 0 Å². The molecule has 2 N–H and O–H groups in total. The van der Waals surface area contributed by atoms with Gasteiger partial charge in [-0.3, -0.25) is 0 Å². The Morgan fingerprint density at radius 2 is 1.62 bits per heavy atom. The molecule has 1 nitrogen and oxygen atoms in total. The van der Waals surface area contributed by atoms with Crippen molar-refractivity contribution < 1.29 is 13.2 Å². The molecule has 0 spiro atoms. The second-order valence-corrected chi connectivity index (χ2v) is 2.60. The molecule has 1 aromatic carbocycles. The lowest BCUT2D eigenvalue weighted by molar-refractivity contribution is -0.0686. The summed E-state index contributed by atoms with van der Waals surface area (Å²) in [6, 6.07) is 5.41. The van der Waals surface area contributed by atoms with Gasteiger partial charge in [0.2, 0.25) is 0 Å². The number of nitrogen functional groups attached to an aromatic ring is 1. The number of hydrogen-bond donors (Lipinski definition) is 1. The van der Waals surface area contributed by atoms with E-state index in [4.69, 9.17) is 5.73 Å². The van der Waals surface area contributed by atoms with Crippen LogP contribution < -0.4 is 5.73 Å². The minimum absolute atomic E-state index is 0.0432. The van der Waals surface area contributed by atoms with Gasteiger partial charge < -0.3 is 5.73 Å². The van der Waals surface area contributed by atoms with Gasteiger partial charge in [0, 0.05) is 5.69 Å². The molecule has 0 aliphatic rings. The Hall–Kier alpha value is -1.45. The molecule has 0 radical (unpaired) electrons. The molecule has 1 aromatic rings. The number of nitrogens with two attached hydrogens (primary N) is 1. The summed E-state index contributed by atoms with van der Waals surface area (Å²) in [4.78, 5) is 0. The van der Waals surface area contributed by atoms with Crippen molar-refractivity contribution >= 4 is 11.3 Å². The van der Waals surface area contributed by atoms with Crippen LogP contribution in [0.15, 0.2) is 30.8 Å². The number of alkyl halides is 3. The molecular weight excluding hydrogens is 179 g/mol. The first-order valence-corrected chi connectivity index (χ1v) is 3.53. The molecule has 0 aromatic heterocycles. The molecule has 0 aliphatic carbocycles.